The molecule has 104 valence electrons. The van der Waals surface area contributed by atoms with Crippen molar-refractivity contribution in [3.8, 4) is 0 Å². The van der Waals surface area contributed by atoms with Crippen LogP contribution in [-0.2, 0) is 0 Å². The maximum absolute atomic E-state index is 4.76. The number of amidine groups is 1. The average Bonchev–Trinajstić information content (AvgIpc) is 2.41. The van der Waals surface area contributed by atoms with Gasteiger partial charge < -0.3 is 5.32 Å². The summed E-state index contributed by atoms with van der Waals surface area (Å²) in [5.41, 5.74) is 0. The fourth-order valence-electron chi connectivity index (χ4n) is 2.95. The fraction of sp³-hybridized carbons (Fsp3) is 0.933. The van der Waals surface area contributed by atoms with Gasteiger partial charge in [-0.1, -0.05) is 51.3 Å². The fourth-order valence-corrected chi connectivity index (χ4v) is 3.98. The zero-order valence-electron chi connectivity index (χ0n) is 12.0. The molecule has 2 nitrogen and oxygen atoms in total. The van der Waals surface area contributed by atoms with Crippen molar-refractivity contribution in [3.63, 3.8) is 0 Å². The number of nitrogens with zero attached hydrogens (tertiary/aromatic N) is 1. The van der Waals surface area contributed by atoms with Crippen molar-refractivity contribution in [1.29, 1.82) is 0 Å². The van der Waals surface area contributed by atoms with E-state index in [0.717, 1.165) is 18.4 Å². The molecule has 1 atom stereocenters. The maximum atomic E-state index is 4.76. The van der Waals surface area contributed by atoms with Gasteiger partial charge in [-0.3, -0.25) is 4.99 Å². The Hall–Kier alpha value is -0.180. The van der Waals surface area contributed by atoms with Gasteiger partial charge in [-0.25, -0.2) is 0 Å². The summed E-state index contributed by atoms with van der Waals surface area (Å²) in [6.45, 7) is 5.68. The van der Waals surface area contributed by atoms with Crippen LogP contribution < -0.4 is 5.32 Å². The minimum atomic E-state index is 0.667. The molecule has 1 N–H and O–H groups in total. The molecule has 0 radical (unpaired) electrons. The van der Waals surface area contributed by atoms with E-state index in [9.17, 15) is 0 Å². The number of hydrogen-bond donors (Lipinski definition) is 1. The van der Waals surface area contributed by atoms with Gasteiger partial charge in [-0.15, -0.1) is 0 Å². The molecule has 0 spiro atoms. The summed E-state index contributed by atoms with van der Waals surface area (Å²) >= 11 is 1.91. The van der Waals surface area contributed by atoms with Crippen molar-refractivity contribution in [2.45, 2.75) is 64.8 Å². The van der Waals surface area contributed by atoms with Gasteiger partial charge in [0, 0.05) is 18.3 Å². The third kappa shape index (κ3) is 4.49. The standard InChI is InChI=1S/C15H28N2S/c1-3-14-9-11-18-15(17-14)16-10-8-13-6-4-12(2)5-7-13/h12-14H,3-11H2,1-2H3,(H,16,17). The minimum absolute atomic E-state index is 0.667. The summed E-state index contributed by atoms with van der Waals surface area (Å²) in [6, 6.07) is 0.667. The molecular weight excluding hydrogens is 240 g/mol. The number of rotatable bonds is 4. The van der Waals surface area contributed by atoms with E-state index < -0.39 is 0 Å². The molecule has 1 aliphatic heterocycles. The van der Waals surface area contributed by atoms with Crippen molar-refractivity contribution < 1.29 is 0 Å². The first-order chi connectivity index (χ1) is 8.78. The van der Waals surface area contributed by atoms with Gasteiger partial charge in [0.15, 0.2) is 5.17 Å². The molecular formula is C15H28N2S. The highest BCUT2D eigenvalue weighted by molar-refractivity contribution is 8.13. The summed E-state index contributed by atoms with van der Waals surface area (Å²) in [7, 11) is 0. The second kappa shape index (κ2) is 7.42. The van der Waals surface area contributed by atoms with Crippen LogP contribution in [0.2, 0.25) is 0 Å². The minimum Gasteiger partial charge on any atom is -0.362 e. The van der Waals surface area contributed by atoms with E-state index >= 15 is 0 Å². The van der Waals surface area contributed by atoms with Gasteiger partial charge in [0.1, 0.15) is 0 Å². The van der Waals surface area contributed by atoms with Gasteiger partial charge in [0.2, 0.25) is 0 Å². The summed E-state index contributed by atoms with van der Waals surface area (Å²) in [4.78, 5) is 4.76. The molecule has 1 aliphatic carbocycles. The number of hydrogen-bond acceptors (Lipinski definition) is 2. The molecule has 2 fully saturated rings. The zero-order chi connectivity index (χ0) is 12.8. The van der Waals surface area contributed by atoms with Crippen LogP contribution in [0, 0.1) is 11.8 Å². The van der Waals surface area contributed by atoms with Crippen LogP contribution in [0.3, 0.4) is 0 Å². The third-order valence-corrected chi connectivity index (χ3v) is 5.41. The lowest BCUT2D eigenvalue weighted by molar-refractivity contribution is 0.280. The van der Waals surface area contributed by atoms with Crippen LogP contribution >= 0.6 is 11.8 Å². The van der Waals surface area contributed by atoms with E-state index in [1.807, 2.05) is 11.8 Å². The van der Waals surface area contributed by atoms with E-state index in [0.29, 0.717) is 6.04 Å². The smallest absolute Gasteiger partial charge is 0.156 e. The van der Waals surface area contributed by atoms with Crippen LogP contribution in [0.5, 0.6) is 0 Å². The van der Waals surface area contributed by atoms with E-state index in [-0.39, 0.29) is 0 Å². The Kier molecular flexibility index (Phi) is 5.87. The molecule has 0 bridgehead atoms. The second-order valence-corrected chi connectivity index (χ2v) is 7.07. The zero-order valence-corrected chi connectivity index (χ0v) is 12.8. The van der Waals surface area contributed by atoms with Gasteiger partial charge in [0.25, 0.3) is 0 Å². The SMILES string of the molecule is CCC1CCSC(=NCCC2CCC(C)CC2)N1. The van der Waals surface area contributed by atoms with E-state index in [1.165, 1.54) is 55.9 Å². The Morgan fingerprint density at radius 1 is 1.22 bits per heavy atom. The van der Waals surface area contributed by atoms with Gasteiger partial charge in [-0.2, -0.15) is 0 Å². The first-order valence-corrected chi connectivity index (χ1v) is 8.70. The van der Waals surface area contributed by atoms with Crippen molar-refractivity contribution in [3.05, 3.63) is 0 Å². The largest absolute Gasteiger partial charge is 0.362 e. The molecule has 0 aromatic carbocycles. The molecule has 2 aliphatic rings. The number of nitrogens with one attached hydrogen (secondary N) is 1. The molecule has 2 rings (SSSR count). The molecule has 18 heavy (non-hydrogen) atoms. The Morgan fingerprint density at radius 3 is 2.72 bits per heavy atom. The Bertz CT molecular complexity index is 270. The van der Waals surface area contributed by atoms with Crippen molar-refractivity contribution >= 4 is 16.9 Å². The van der Waals surface area contributed by atoms with Crippen LogP contribution in [0.1, 0.15) is 58.8 Å². The maximum Gasteiger partial charge on any atom is 0.156 e. The summed E-state index contributed by atoms with van der Waals surface area (Å²) in [5.74, 6) is 3.15. The Balaban J connectivity index is 1.67. The van der Waals surface area contributed by atoms with Crippen molar-refractivity contribution in [1.82, 2.24) is 5.32 Å². The average molecular weight is 268 g/mol. The molecule has 0 aromatic rings. The quantitative estimate of drug-likeness (QED) is 0.831. The number of thioether (sulfide) groups is 1. The van der Waals surface area contributed by atoms with Crippen LogP contribution in [-0.4, -0.2) is 23.5 Å². The first-order valence-electron chi connectivity index (χ1n) is 7.71. The lowest BCUT2D eigenvalue weighted by Crippen LogP contribution is -2.37. The Morgan fingerprint density at radius 2 is 2.00 bits per heavy atom. The molecule has 1 heterocycles. The third-order valence-electron chi connectivity index (χ3n) is 4.45. The van der Waals surface area contributed by atoms with Crippen LogP contribution in [0.4, 0.5) is 0 Å². The molecule has 1 unspecified atom stereocenters. The van der Waals surface area contributed by atoms with Gasteiger partial charge in [0.05, 0.1) is 0 Å². The monoisotopic (exact) mass is 268 g/mol. The van der Waals surface area contributed by atoms with Crippen LogP contribution in [0.25, 0.3) is 0 Å². The van der Waals surface area contributed by atoms with Crippen molar-refractivity contribution in [2.75, 3.05) is 12.3 Å². The van der Waals surface area contributed by atoms with E-state index in [4.69, 9.17) is 4.99 Å². The molecule has 0 amide bonds. The lowest BCUT2D eigenvalue weighted by atomic mass is 9.81. The highest BCUT2D eigenvalue weighted by Crippen LogP contribution is 2.30. The summed E-state index contributed by atoms with van der Waals surface area (Å²) in [5, 5.41) is 4.77. The molecule has 1 saturated heterocycles. The van der Waals surface area contributed by atoms with Gasteiger partial charge in [-0.05, 0) is 31.1 Å². The van der Waals surface area contributed by atoms with E-state index in [1.54, 1.807) is 0 Å². The van der Waals surface area contributed by atoms with Gasteiger partial charge >= 0.3 is 0 Å². The highest BCUT2D eigenvalue weighted by Gasteiger charge is 2.18. The second-order valence-electron chi connectivity index (χ2n) is 5.99. The highest BCUT2D eigenvalue weighted by atomic mass is 32.2. The predicted octanol–water partition coefficient (Wildman–Crippen LogP) is 4.06. The lowest BCUT2D eigenvalue weighted by Gasteiger charge is -2.26. The molecule has 3 heteroatoms. The Labute approximate surface area is 116 Å². The molecule has 0 aromatic heterocycles. The predicted molar refractivity (Wildman–Crippen MR) is 82.3 cm³/mol. The normalized spacial score (nSPS) is 35.4. The number of aliphatic imine (C=N–C) groups is 1. The summed E-state index contributed by atoms with van der Waals surface area (Å²) < 4.78 is 0. The first kappa shape index (κ1) is 14.2. The van der Waals surface area contributed by atoms with E-state index in [2.05, 4.69) is 19.2 Å². The van der Waals surface area contributed by atoms with Crippen molar-refractivity contribution in [2.24, 2.45) is 16.8 Å². The topological polar surface area (TPSA) is 24.4 Å². The summed E-state index contributed by atoms with van der Waals surface area (Å²) in [6.07, 6.45) is 9.56. The van der Waals surface area contributed by atoms with Crippen LogP contribution in [0.15, 0.2) is 4.99 Å². The molecule has 1 saturated carbocycles.